The summed E-state index contributed by atoms with van der Waals surface area (Å²) < 4.78 is 0. The number of hydrogen-bond donors (Lipinski definition) is 1. The number of piperidine rings is 1. The normalized spacial score (nSPS) is 16.0. The molecule has 2 amide bonds. The maximum atomic E-state index is 13.3. The highest BCUT2D eigenvalue weighted by atomic mass is 32.1. The van der Waals surface area contributed by atoms with Crippen molar-refractivity contribution in [3.8, 4) is 10.6 Å². The number of hydrogen-bond acceptors (Lipinski definition) is 6. The zero-order valence-corrected chi connectivity index (χ0v) is 19.0. The predicted molar refractivity (Wildman–Crippen MR) is 129 cm³/mol. The minimum Gasteiger partial charge on any atom is -0.337 e. The molecule has 8 heteroatoms. The van der Waals surface area contributed by atoms with E-state index in [2.05, 4.69) is 20.3 Å². The molecule has 166 valence electrons. The molecule has 5 rings (SSSR count). The molecule has 3 aromatic heterocycles. The summed E-state index contributed by atoms with van der Waals surface area (Å²) in [7, 11) is 0. The molecule has 7 nitrogen and oxygen atoms in total. The molecular formula is C25H23N5O2S. The summed E-state index contributed by atoms with van der Waals surface area (Å²) in [5.74, 6) is -0.417. The molecule has 0 aliphatic carbocycles. The standard InChI is InChI=1S/C25H23N5O2S/c1-16-22(33-24(28-16)18-8-3-11-26-14-18)25(32)30-13-5-9-19(15-30)23(31)29-20-10-2-6-17-7-4-12-27-21(17)20/h2-4,6-8,10-12,14,19H,5,9,13,15H2,1H3,(H,29,31). The van der Waals surface area contributed by atoms with Gasteiger partial charge in [0.05, 0.1) is 22.8 Å². The van der Waals surface area contributed by atoms with Crippen LogP contribution in [0.4, 0.5) is 5.69 Å². The summed E-state index contributed by atoms with van der Waals surface area (Å²) in [4.78, 5) is 41.9. The van der Waals surface area contributed by atoms with Crippen molar-refractivity contribution in [2.45, 2.75) is 19.8 Å². The molecule has 0 spiro atoms. The van der Waals surface area contributed by atoms with E-state index in [1.54, 1.807) is 23.5 Å². The van der Waals surface area contributed by atoms with E-state index in [9.17, 15) is 9.59 Å². The summed E-state index contributed by atoms with van der Waals surface area (Å²) in [5, 5.41) is 4.78. The summed E-state index contributed by atoms with van der Waals surface area (Å²) >= 11 is 1.38. The topological polar surface area (TPSA) is 88.1 Å². The lowest BCUT2D eigenvalue weighted by molar-refractivity contribution is -0.121. The second-order valence-electron chi connectivity index (χ2n) is 8.14. The molecule has 4 heterocycles. The lowest BCUT2D eigenvalue weighted by Gasteiger charge is -2.32. The Balaban J connectivity index is 1.31. The number of anilines is 1. The van der Waals surface area contributed by atoms with Crippen molar-refractivity contribution in [3.05, 3.63) is 71.6 Å². The van der Waals surface area contributed by atoms with E-state index in [0.717, 1.165) is 34.3 Å². The zero-order chi connectivity index (χ0) is 22.8. The molecule has 4 aromatic rings. The van der Waals surface area contributed by atoms with Gasteiger partial charge in [-0.3, -0.25) is 19.6 Å². The molecule has 1 unspecified atom stereocenters. The Hall–Kier alpha value is -3.65. The Labute approximate surface area is 195 Å². The van der Waals surface area contributed by atoms with E-state index in [1.165, 1.54) is 11.3 Å². The van der Waals surface area contributed by atoms with Crippen LogP contribution < -0.4 is 5.32 Å². The average Bonchev–Trinajstić information content (AvgIpc) is 3.26. The quantitative estimate of drug-likeness (QED) is 0.486. The van der Waals surface area contributed by atoms with Crippen LogP contribution in [0.5, 0.6) is 0 Å². The van der Waals surface area contributed by atoms with Crippen molar-refractivity contribution in [1.82, 2.24) is 19.9 Å². The first-order valence-electron chi connectivity index (χ1n) is 10.9. The number of aromatic nitrogens is 3. The molecule has 1 aromatic carbocycles. The lowest BCUT2D eigenvalue weighted by Crippen LogP contribution is -2.43. The number of carbonyl (C=O) groups excluding carboxylic acids is 2. The van der Waals surface area contributed by atoms with Crippen molar-refractivity contribution < 1.29 is 9.59 Å². The number of nitrogens with zero attached hydrogens (tertiary/aromatic N) is 4. The molecule has 1 fully saturated rings. The molecule has 0 saturated carbocycles. The van der Waals surface area contributed by atoms with Crippen molar-refractivity contribution >= 4 is 39.7 Å². The maximum Gasteiger partial charge on any atom is 0.265 e. The Morgan fingerprint density at radius 1 is 1.12 bits per heavy atom. The minimum atomic E-state index is -0.271. The van der Waals surface area contributed by atoms with Gasteiger partial charge in [-0.2, -0.15) is 0 Å². The van der Waals surface area contributed by atoms with Gasteiger partial charge in [-0.15, -0.1) is 11.3 Å². The van der Waals surface area contributed by atoms with Gasteiger partial charge >= 0.3 is 0 Å². The van der Waals surface area contributed by atoms with Crippen LogP contribution in [0, 0.1) is 12.8 Å². The largest absolute Gasteiger partial charge is 0.337 e. The van der Waals surface area contributed by atoms with Crippen LogP contribution in [-0.2, 0) is 4.79 Å². The number of thiazole rings is 1. The highest BCUT2D eigenvalue weighted by Gasteiger charge is 2.31. The lowest BCUT2D eigenvalue weighted by atomic mass is 9.96. The number of rotatable bonds is 4. The van der Waals surface area contributed by atoms with Crippen LogP contribution >= 0.6 is 11.3 Å². The monoisotopic (exact) mass is 457 g/mol. The second kappa shape index (κ2) is 9.07. The summed E-state index contributed by atoms with van der Waals surface area (Å²) in [5.41, 5.74) is 3.06. The Morgan fingerprint density at radius 3 is 2.82 bits per heavy atom. The van der Waals surface area contributed by atoms with Gasteiger partial charge in [0.25, 0.3) is 5.91 Å². The van der Waals surface area contributed by atoms with E-state index in [4.69, 9.17) is 0 Å². The Morgan fingerprint density at radius 2 is 1.97 bits per heavy atom. The number of benzene rings is 1. The van der Waals surface area contributed by atoms with Gasteiger partial charge < -0.3 is 10.2 Å². The fourth-order valence-electron chi connectivity index (χ4n) is 4.17. The number of nitrogens with one attached hydrogen (secondary N) is 1. The Bertz CT molecular complexity index is 1320. The van der Waals surface area contributed by atoms with Crippen molar-refractivity contribution in [2.24, 2.45) is 5.92 Å². The van der Waals surface area contributed by atoms with Gasteiger partial charge in [0.15, 0.2) is 0 Å². The van der Waals surface area contributed by atoms with Gasteiger partial charge in [0.2, 0.25) is 5.91 Å². The molecule has 1 aliphatic heterocycles. The number of aryl methyl sites for hydroxylation is 1. The van der Waals surface area contributed by atoms with Crippen LogP contribution in [0.1, 0.15) is 28.2 Å². The van der Waals surface area contributed by atoms with E-state index < -0.39 is 0 Å². The van der Waals surface area contributed by atoms with Crippen LogP contribution in [0.3, 0.4) is 0 Å². The highest BCUT2D eigenvalue weighted by molar-refractivity contribution is 7.17. The van der Waals surface area contributed by atoms with Crippen LogP contribution in [-0.4, -0.2) is 44.8 Å². The van der Waals surface area contributed by atoms with Crippen molar-refractivity contribution in [1.29, 1.82) is 0 Å². The average molecular weight is 458 g/mol. The predicted octanol–water partition coefficient (Wildman–Crippen LogP) is 4.55. The van der Waals surface area contributed by atoms with Gasteiger partial charge in [-0.1, -0.05) is 18.2 Å². The number of likely N-dealkylation sites (tertiary alicyclic amines) is 1. The fourth-order valence-corrected chi connectivity index (χ4v) is 5.19. The third kappa shape index (κ3) is 4.34. The number of pyridine rings is 2. The second-order valence-corrected chi connectivity index (χ2v) is 9.13. The highest BCUT2D eigenvalue weighted by Crippen LogP contribution is 2.30. The molecule has 0 radical (unpaired) electrons. The number of para-hydroxylation sites is 1. The van der Waals surface area contributed by atoms with Crippen LogP contribution in [0.2, 0.25) is 0 Å². The van der Waals surface area contributed by atoms with Crippen LogP contribution in [0.25, 0.3) is 21.5 Å². The number of amides is 2. The first kappa shape index (κ1) is 21.2. The van der Waals surface area contributed by atoms with Gasteiger partial charge in [0.1, 0.15) is 9.88 Å². The van der Waals surface area contributed by atoms with E-state index in [0.29, 0.717) is 29.3 Å². The summed E-state index contributed by atoms with van der Waals surface area (Å²) in [6, 6.07) is 13.4. The smallest absolute Gasteiger partial charge is 0.265 e. The minimum absolute atomic E-state index is 0.0653. The summed E-state index contributed by atoms with van der Waals surface area (Å²) in [6.45, 7) is 2.88. The zero-order valence-electron chi connectivity index (χ0n) is 18.2. The third-order valence-electron chi connectivity index (χ3n) is 5.87. The van der Waals surface area contributed by atoms with Crippen molar-refractivity contribution in [2.75, 3.05) is 18.4 Å². The van der Waals surface area contributed by atoms with E-state index in [-0.39, 0.29) is 17.7 Å². The third-order valence-corrected chi connectivity index (χ3v) is 7.06. The first-order valence-corrected chi connectivity index (χ1v) is 11.7. The SMILES string of the molecule is Cc1nc(-c2cccnc2)sc1C(=O)N1CCCC(C(=O)Nc2cccc3cccnc23)C1. The molecule has 1 N–H and O–H groups in total. The molecular weight excluding hydrogens is 434 g/mol. The molecule has 1 saturated heterocycles. The van der Waals surface area contributed by atoms with Crippen molar-refractivity contribution in [3.63, 3.8) is 0 Å². The Kier molecular flexibility index (Phi) is 5.83. The van der Waals surface area contributed by atoms with Crippen LogP contribution in [0.15, 0.2) is 61.1 Å². The van der Waals surface area contributed by atoms with Gasteiger partial charge in [-0.05, 0) is 44.0 Å². The molecule has 1 aliphatic rings. The van der Waals surface area contributed by atoms with E-state index >= 15 is 0 Å². The molecule has 1 atom stereocenters. The number of fused-ring (bicyclic) bond motifs is 1. The van der Waals surface area contributed by atoms with Gasteiger partial charge in [-0.25, -0.2) is 4.98 Å². The molecule has 33 heavy (non-hydrogen) atoms. The first-order chi connectivity index (χ1) is 16.1. The molecule has 0 bridgehead atoms. The number of carbonyl (C=O) groups is 2. The fraction of sp³-hybridized carbons (Fsp3) is 0.240. The van der Waals surface area contributed by atoms with E-state index in [1.807, 2.05) is 49.4 Å². The van der Waals surface area contributed by atoms with Gasteiger partial charge in [0, 0.05) is 42.6 Å². The maximum absolute atomic E-state index is 13.3. The summed E-state index contributed by atoms with van der Waals surface area (Å²) in [6.07, 6.45) is 6.71.